The van der Waals surface area contributed by atoms with E-state index in [0.717, 1.165) is 45.4 Å². The molecule has 3 aromatic rings. The largest absolute Gasteiger partial charge is 0.497 e. The summed E-state index contributed by atoms with van der Waals surface area (Å²) in [5.74, 6) is 3.29. The van der Waals surface area contributed by atoms with Crippen molar-refractivity contribution in [3.8, 4) is 5.75 Å². The van der Waals surface area contributed by atoms with E-state index in [0.29, 0.717) is 0 Å². The van der Waals surface area contributed by atoms with Crippen LogP contribution in [0.5, 0.6) is 5.75 Å². The van der Waals surface area contributed by atoms with Crippen LogP contribution in [-0.4, -0.2) is 17.1 Å². The van der Waals surface area contributed by atoms with E-state index in [1.54, 1.807) is 7.11 Å². The van der Waals surface area contributed by atoms with Crippen LogP contribution in [0.25, 0.3) is 11.0 Å². The van der Waals surface area contributed by atoms with E-state index in [1.165, 1.54) is 0 Å². The van der Waals surface area contributed by atoms with Crippen molar-refractivity contribution in [2.24, 2.45) is 0 Å². The lowest BCUT2D eigenvalue weighted by Gasteiger charge is -2.14. The third-order valence-corrected chi connectivity index (χ3v) is 3.90. The lowest BCUT2D eigenvalue weighted by Crippen LogP contribution is -2.09. The molecule has 23 heavy (non-hydrogen) atoms. The highest BCUT2D eigenvalue weighted by atomic mass is 16.5. The van der Waals surface area contributed by atoms with Gasteiger partial charge in [-0.25, -0.2) is 9.97 Å². The maximum Gasteiger partial charge on any atom is 0.134 e. The van der Waals surface area contributed by atoms with Crippen molar-refractivity contribution in [2.45, 2.75) is 33.7 Å². The van der Waals surface area contributed by atoms with Crippen molar-refractivity contribution in [2.75, 3.05) is 12.4 Å². The SMILES string of the molecule is COc1ccc2oc(C(C)Nc3cc(C)nc(C)n3)c(C)c2c1. The molecule has 0 saturated heterocycles. The Balaban J connectivity index is 1.94. The predicted octanol–water partition coefficient (Wildman–Crippen LogP) is 4.33. The smallest absolute Gasteiger partial charge is 0.134 e. The first-order valence-electron chi connectivity index (χ1n) is 7.64. The van der Waals surface area contributed by atoms with Gasteiger partial charge in [-0.15, -0.1) is 0 Å². The molecule has 1 N–H and O–H groups in total. The highest BCUT2D eigenvalue weighted by molar-refractivity contribution is 5.83. The average Bonchev–Trinajstić information content (AvgIpc) is 2.83. The van der Waals surface area contributed by atoms with E-state index in [4.69, 9.17) is 9.15 Å². The van der Waals surface area contributed by atoms with Crippen molar-refractivity contribution < 1.29 is 9.15 Å². The molecule has 0 saturated carbocycles. The van der Waals surface area contributed by atoms with E-state index in [9.17, 15) is 0 Å². The van der Waals surface area contributed by atoms with Gasteiger partial charge >= 0.3 is 0 Å². The molecule has 5 nitrogen and oxygen atoms in total. The number of methoxy groups -OCH3 is 1. The number of rotatable bonds is 4. The fraction of sp³-hybridized carbons (Fsp3) is 0.333. The summed E-state index contributed by atoms with van der Waals surface area (Å²) in [6, 6.07) is 7.79. The Kier molecular flexibility index (Phi) is 3.94. The zero-order valence-electron chi connectivity index (χ0n) is 14.1. The number of nitrogens with zero attached hydrogens (tertiary/aromatic N) is 2. The van der Waals surface area contributed by atoms with Crippen LogP contribution in [0, 0.1) is 20.8 Å². The molecular weight excluding hydrogens is 290 g/mol. The van der Waals surface area contributed by atoms with Gasteiger partial charge in [0.25, 0.3) is 0 Å². The number of benzene rings is 1. The van der Waals surface area contributed by atoms with Crippen molar-refractivity contribution >= 4 is 16.8 Å². The fourth-order valence-electron chi connectivity index (χ4n) is 2.84. The minimum atomic E-state index is 0.00194. The number of aromatic nitrogens is 2. The summed E-state index contributed by atoms with van der Waals surface area (Å²) in [4.78, 5) is 8.72. The van der Waals surface area contributed by atoms with Crippen molar-refractivity contribution in [3.05, 3.63) is 47.1 Å². The van der Waals surface area contributed by atoms with Crippen LogP contribution < -0.4 is 10.1 Å². The van der Waals surface area contributed by atoms with Crippen LogP contribution in [0.3, 0.4) is 0 Å². The normalized spacial score (nSPS) is 12.4. The molecule has 0 amide bonds. The number of hydrogen-bond acceptors (Lipinski definition) is 5. The standard InChI is InChI=1S/C18H21N3O2/c1-10-8-17(21-13(4)19-10)20-12(3)18-11(2)15-9-14(22-5)6-7-16(15)23-18/h6-9,12H,1-5H3,(H,19,20,21). The molecule has 0 fully saturated rings. The van der Waals surface area contributed by atoms with Crippen LogP contribution in [0.2, 0.25) is 0 Å². The first-order chi connectivity index (χ1) is 11.0. The maximum absolute atomic E-state index is 6.03. The van der Waals surface area contributed by atoms with Gasteiger partial charge < -0.3 is 14.5 Å². The first-order valence-corrected chi connectivity index (χ1v) is 7.64. The lowest BCUT2D eigenvalue weighted by atomic mass is 10.1. The minimum Gasteiger partial charge on any atom is -0.497 e. The number of nitrogens with one attached hydrogen (secondary N) is 1. The number of anilines is 1. The first kappa shape index (κ1) is 15.3. The van der Waals surface area contributed by atoms with Crippen LogP contribution in [0.1, 0.15) is 35.8 Å². The monoisotopic (exact) mass is 311 g/mol. The number of fused-ring (bicyclic) bond motifs is 1. The molecule has 1 atom stereocenters. The molecule has 2 heterocycles. The summed E-state index contributed by atoms with van der Waals surface area (Å²) in [6.07, 6.45) is 0. The molecule has 5 heteroatoms. The molecule has 120 valence electrons. The molecule has 0 aliphatic heterocycles. The number of aryl methyl sites for hydroxylation is 3. The van der Waals surface area contributed by atoms with E-state index >= 15 is 0 Å². The summed E-state index contributed by atoms with van der Waals surface area (Å²) in [5.41, 5.74) is 2.92. The summed E-state index contributed by atoms with van der Waals surface area (Å²) in [7, 11) is 1.67. The molecule has 3 rings (SSSR count). The highest BCUT2D eigenvalue weighted by Crippen LogP contribution is 2.33. The Morgan fingerprint density at radius 2 is 1.91 bits per heavy atom. The van der Waals surface area contributed by atoms with Gasteiger partial charge in [0, 0.05) is 22.7 Å². The third kappa shape index (κ3) is 2.99. The quantitative estimate of drug-likeness (QED) is 0.777. The van der Waals surface area contributed by atoms with Crippen molar-refractivity contribution in [3.63, 3.8) is 0 Å². The van der Waals surface area contributed by atoms with Gasteiger partial charge in [0.15, 0.2) is 0 Å². The van der Waals surface area contributed by atoms with Gasteiger partial charge in [0.2, 0.25) is 0 Å². The molecule has 0 radical (unpaired) electrons. The van der Waals surface area contributed by atoms with E-state index in [-0.39, 0.29) is 6.04 Å². The molecular formula is C18H21N3O2. The van der Waals surface area contributed by atoms with Crippen LogP contribution >= 0.6 is 0 Å². The molecule has 0 bridgehead atoms. The van der Waals surface area contributed by atoms with Crippen LogP contribution in [-0.2, 0) is 0 Å². The van der Waals surface area contributed by atoms with Crippen molar-refractivity contribution in [1.29, 1.82) is 0 Å². The number of ether oxygens (including phenoxy) is 1. The Morgan fingerprint density at radius 3 is 2.61 bits per heavy atom. The summed E-state index contributed by atoms with van der Waals surface area (Å²) in [5, 5.41) is 4.47. The van der Waals surface area contributed by atoms with Gasteiger partial charge in [0.1, 0.15) is 28.7 Å². The Morgan fingerprint density at radius 1 is 1.13 bits per heavy atom. The lowest BCUT2D eigenvalue weighted by molar-refractivity contribution is 0.415. The molecule has 0 aliphatic rings. The van der Waals surface area contributed by atoms with Gasteiger partial charge in [-0.05, 0) is 45.9 Å². The van der Waals surface area contributed by atoms with E-state index in [1.807, 2.05) is 38.1 Å². The fourth-order valence-corrected chi connectivity index (χ4v) is 2.84. The van der Waals surface area contributed by atoms with Gasteiger partial charge in [-0.1, -0.05) is 0 Å². The number of furan rings is 1. The zero-order chi connectivity index (χ0) is 16.6. The second-order valence-electron chi connectivity index (χ2n) is 5.76. The van der Waals surface area contributed by atoms with Gasteiger partial charge in [0.05, 0.1) is 13.2 Å². The molecule has 0 spiro atoms. The Bertz CT molecular complexity index is 835. The Hall–Kier alpha value is -2.56. The Labute approximate surface area is 135 Å². The zero-order valence-corrected chi connectivity index (χ0v) is 14.1. The second kappa shape index (κ2) is 5.91. The van der Waals surface area contributed by atoms with Gasteiger partial charge in [-0.2, -0.15) is 0 Å². The summed E-state index contributed by atoms with van der Waals surface area (Å²) in [6.45, 7) is 7.98. The molecule has 1 aromatic carbocycles. The summed E-state index contributed by atoms with van der Waals surface area (Å²) < 4.78 is 11.3. The topological polar surface area (TPSA) is 60.2 Å². The highest BCUT2D eigenvalue weighted by Gasteiger charge is 2.17. The van der Waals surface area contributed by atoms with Crippen molar-refractivity contribution in [1.82, 2.24) is 9.97 Å². The second-order valence-corrected chi connectivity index (χ2v) is 5.76. The minimum absolute atomic E-state index is 0.00194. The molecule has 0 aliphatic carbocycles. The van der Waals surface area contributed by atoms with Gasteiger partial charge in [-0.3, -0.25) is 0 Å². The number of hydrogen-bond donors (Lipinski definition) is 1. The maximum atomic E-state index is 6.03. The van der Waals surface area contributed by atoms with E-state index in [2.05, 4.69) is 29.1 Å². The average molecular weight is 311 g/mol. The molecule has 1 unspecified atom stereocenters. The van der Waals surface area contributed by atoms with Crippen LogP contribution in [0.4, 0.5) is 5.82 Å². The molecule has 2 aromatic heterocycles. The third-order valence-electron chi connectivity index (χ3n) is 3.90. The van der Waals surface area contributed by atoms with E-state index < -0.39 is 0 Å². The van der Waals surface area contributed by atoms with Crippen LogP contribution in [0.15, 0.2) is 28.7 Å². The summed E-state index contributed by atoms with van der Waals surface area (Å²) >= 11 is 0. The predicted molar refractivity (Wildman–Crippen MR) is 91.0 cm³/mol.